The van der Waals surface area contributed by atoms with Crippen LogP contribution in [0, 0.1) is 0 Å². The molecule has 1 aromatic carbocycles. The first-order chi connectivity index (χ1) is 11.3. The Morgan fingerprint density at radius 2 is 1.79 bits per heavy atom. The maximum atomic E-state index is 11.6. The van der Waals surface area contributed by atoms with Crippen LogP contribution in [-0.4, -0.2) is 30.8 Å². The molecule has 0 fully saturated rings. The molecule has 0 spiro atoms. The zero-order chi connectivity index (χ0) is 18.0. The second-order valence-corrected chi connectivity index (χ2v) is 6.48. The summed E-state index contributed by atoms with van der Waals surface area (Å²) in [5.74, 6) is 0. The number of rotatable bonds is 6. The summed E-state index contributed by atoms with van der Waals surface area (Å²) in [6.45, 7) is 6.49. The first-order valence-electron chi connectivity index (χ1n) is 7.64. The van der Waals surface area contributed by atoms with Gasteiger partial charge in [0.05, 0.1) is 0 Å². The third-order valence-corrected chi connectivity index (χ3v) is 2.89. The third kappa shape index (κ3) is 9.74. The number of halogens is 1. The molecule has 6 nitrogen and oxygen atoms in total. The molecule has 132 valence electrons. The normalized spacial score (nSPS) is 11.2. The van der Waals surface area contributed by atoms with Crippen LogP contribution in [0.4, 0.5) is 9.59 Å². The van der Waals surface area contributed by atoms with Gasteiger partial charge in [0, 0.05) is 24.7 Å². The molecule has 0 aliphatic carbocycles. The zero-order valence-electron chi connectivity index (χ0n) is 14.2. The second-order valence-electron chi connectivity index (χ2n) is 6.05. The largest absolute Gasteiger partial charge is 0.444 e. The topological polar surface area (TPSA) is 79.5 Å². The highest BCUT2D eigenvalue weighted by atomic mass is 35.5. The van der Waals surface area contributed by atoms with E-state index in [1.165, 1.54) is 0 Å². The van der Waals surface area contributed by atoms with Crippen LogP contribution in [0.2, 0.25) is 5.02 Å². The van der Waals surface area contributed by atoms with Gasteiger partial charge in [-0.25, -0.2) is 9.59 Å². The Morgan fingerprint density at radius 3 is 2.42 bits per heavy atom. The summed E-state index contributed by atoms with van der Waals surface area (Å²) in [6.07, 6.45) is 3.01. The van der Waals surface area contributed by atoms with Crippen LogP contribution >= 0.6 is 11.6 Å². The molecule has 0 saturated heterocycles. The van der Waals surface area contributed by atoms with Crippen molar-refractivity contribution in [1.82, 2.24) is 16.0 Å². The standard InChI is InChI=1S/C17H24ClN3O3/c1-17(2,3)24-16(23)20-10-5-4-9-19-15(22)21-12-13-7-6-8-14(18)11-13/h4-8,11H,9-10,12H2,1-3H3,(H,20,23)(H2,19,21,22). The molecule has 0 unspecified atom stereocenters. The minimum Gasteiger partial charge on any atom is -0.444 e. The lowest BCUT2D eigenvalue weighted by Crippen LogP contribution is -2.35. The van der Waals surface area contributed by atoms with Crippen molar-refractivity contribution < 1.29 is 14.3 Å². The predicted molar refractivity (Wildman–Crippen MR) is 95.1 cm³/mol. The average Bonchev–Trinajstić information content (AvgIpc) is 2.47. The highest BCUT2D eigenvalue weighted by Gasteiger charge is 2.14. The minimum absolute atomic E-state index is 0.278. The number of alkyl carbamates (subject to hydrolysis) is 1. The maximum absolute atomic E-state index is 11.6. The van der Waals surface area contributed by atoms with Crippen LogP contribution in [0.1, 0.15) is 26.3 Å². The lowest BCUT2D eigenvalue weighted by Gasteiger charge is -2.19. The van der Waals surface area contributed by atoms with Gasteiger partial charge in [0.25, 0.3) is 0 Å². The molecule has 0 radical (unpaired) electrons. The molecule has 24 heavy (non-hydrogen) atoms. The molecule has 3 amide bonds. The molecule has 0 aliphatic rings. The molecule has 7 heteroatoms. The first-order valence-corrected chi connectivity index (χ1v) is 8.02. The number of nitrogens with one attached hydrogen (secondary N) is 3. The quantitative estimate of drug-likeness (QED) is 0.687. The van der Waals surface area contributed by atoms with Crippen molar-refractivity contribution >= 4 is 23.7 Å². The van der Waals surface area contributed by atoms with E-state index < -0.39 is 11.7 Å². The molecule has 0 aliphatic heterocycles. The van der Waals surface area contributed by atoms with Gasteiger partial charge >= 0.3 is 12.1 Å². The molecule has 1 rings (SSSR count). The molecular weight excluding hydrogens is 330 g/mol. The Labute approximate surface area is 147 Å². The van der Waals surface area contributed by atoms with Gasteiger partial charge in [-0.15, -0.1) is 0 Å². The van der Waals surface area contributed by atoms with Gasteiger partial charge in [-0.05, 0) is 38.5 Å². The summed E-state index contributed by atoms with van der Waals surface area (Å²) in [6, 6.07) is 7.01. The summed E-state index contributed by atoms with van der Waals surface area (Å²) in [5.41, 5.74) is 0.408. The van der Waals surface area contributed by atoms with E-state index in [9.17, 15) is 9.59 Å². The van der Waals surface area contributed by atoms with Gasteiger partial charge in [0.1, 0.15) is 5.60 Å². The van der Waals surface area contributed by atoms with Crippen LogP contribution in [-0.2, 0) is 11.3 Å². The summed E-state index contributed by atoms with van der Waals surface area (Å²) in [7, 11) is 0. The van der Waals surface area contributed by atoms with E-state index in [1.54, 1.807) is 45.1 Å². The molecule has 0 heterocycles. The molecule has 0 saturated carbocycles. The fraction of sp³-hybridized carbons (Fsp3) is 0.412. The van der Waals surface area contributed by atoms with Crippen molar-refractivity contribution in [3.05, 3.63) is 47.0 Å². The minimum atomic E-state index is -0.517. The van der Waals surface area contributed by atoms with Crippen molar-refractivity contribution in [2.75, 3.05) is 13.1 Å². The number of benzene rings is 1. The van der Waals surface area contributed by atoms with E-state index in [4.69, 9.17) is 16.3 Å². The summed E-state index contributed by atoms with van der Waals surface area (Å²) in [5, 5.41) is 8.63. The highest BCUT2D eigenvalue weighted by molar-refractivity contribution is 6.30. The average molecular weight is 354 g/mol. The Morgan fingerprint density at radius 1 is 1.12 bits per heavy atom. The molecule has 3 N–H and O–H groups in total. The molecule has 0 atom stereocenters. The molecule has 1 aromatic rings. The second kappa shape index (κ2) is 9.82. The van der Waals surface area contributed by atoms with E-state index in [0.29, 0.717) is 24.7 Å². The van der Waals surface area contributed by atoms with Crippen LogP contribution < -0.4 is 16.0 Å². The number of carbonyl (C=O) groups is 2. The van der Waals surface area contributed by atoms with Crippen molar-refractivity contribution in [2.45, 2.75) is 32.9 Å². The molecule has 0 aromatic heterocycles. The summed E-state index contributed by atoms with van der Waals surface area (Å²) < 4.78 is 5.09. The lowest BCUT2D eigenvalue weighted by atomic mass is 10.2. The van der Waals surface area contributed by atoms with E-state index in [0.717, 1.165) is 5.56 Å². The van der Waals surface area contributed by atoms with Crippen LogP contribution in [0.25, 0.3) is 0 Å². The monoisotopic (exact) mass is 353 g/mol. The van der Waals surface area contributed by atoms with Crippen molar-refractivity contribution in [2.24, 2.45) is 0 Å². The zero-order valence-corrected chi connectivity index (χ0v) is 14.9. The number of amides is 3. The highest BCUT2D eigenvalue weighted by Crippen LogP contribution is 2.10. The van der Waals surface area contributed by atoms with Crippen molar-refractivity contribution in [3.63, 3.8) is 0 Å². The van der Waals surface area contributed by atoms with E-state index >= 15 is 0 Å². The Kier molecular flexibility index (Phi) is 8.12. The Balaban J connectivity index is 2.13. The Hall–Kier alpha value is -2.21. The Bertz CT molecular complexity index is 583. The summed E-state index contributed by atoms with van der Waals surface area (Å²) in [4.78, 5) is 23.0. The number of ether oxygens (including phenoxy) is 1. The first kappa shape index (κ1) is 19.8. The third-order valence-electron chi connectivity index (χ3n) is 2.65. The SMILES string of the molecule is CC(C)(C)OC(=O)NCC=CCNC(=O)NCc1cccc(Cl)c1. The lowest BCUT2D eigenvalue weighted by molar-refractivity contribution is 0.0534. The predicted octanol–water partition coefficient (Wildman–Crippen LogP) is 3.22. The van der Waals surface area contributed by atoms with Crippen LogP contribution in [0.3, 0.4) is 0 Å². The van der Waals surface area contributed by atoms with Crippen LogP contribution in [0.15, 0.2) is 36.4 Å². The maximum Gasteiger partial charge on any atom is 0.407 e. The molecular formula is C17H24ClN3O3. The number of hydrogen-bond donors (Lipinski definition) is 3. The number of carbonyl (C=O) groups excluding carboxylic acids is 2. The van der Waals surface area contributed by atoms with Gasteiger partial charge < -0.3 is 20.7 Å². The number of urea groups is 1. The van der Waals surface area contributed by atoms with Gasteiger partial charge in [-0.3, -0.25) is 0 Å². The fourth-order valence-electron chi connectivity index (χ4n) is 1.67. The van der Waals surface area contributed by atoms with E-state index in [2.05, 4.69) is 16.0 Å². The van der Waals surface area contributed by atoms with Gasteiger partial charge in [-0.1, -0.05) is 35.9 Å². The van der Waals surface area contributed by atoms with Crippen molar-refractivity contribution in [1.29, 1.82) is 0 Å². The summed E-state index contributed by atoms with van der Waals surface area (Å²) >= 11 is 5.87. The smallest absolute Gasteiger partial charge is 0.407 e. The fourth-order valence-corrected chi connectivity index (χ4v) is 1.88. The van der Waals surface area contributed by atoms with E-state index in [1.807, 2.05) is 12.1 Å². The van der Waals surface area contributed by atoms with Crippen molar-refractivity contribution in [3.8, 4) is 0 Å². The van der Waals surface area contributed by atoms with Crippen LogP contribution in [0.5, 0.6) is 0 Å². The van der Waals surface area contributed by atoms with Gasteiger partial charge in [0.15, 0.2) is 0 Å². The van der Waals surface area contributed by atoms with Gasteiger partial charge in [-0.2, -0.15) is 0 Å². The number of hydrogen-bond acceptors (Lipinski definition) is 3. The van der Waals surface area contributed by atoms with Gasteiger partial charge in [0.2, 0.25) is 0 Å². The molecule has 0 bridgehead atoms. The van der Waals surface area contributed by atoms with E-state index in [-0.39, 0.29) is 6.03 Å².